The number of nitrogens with one attached hydrogen (secondary N) is 1. The smallest absolute Gasteiger partial charge is 0.146 e. The Morgan fingerprint density at radius 1 is 1.33 bits per heavy atom. The summed E-state index contributed by atoms with van der Waals surface area (Å²) >= 11 is 6.03. The summed E-state index contributed by atoms with van der Waals surface area (Å²) in [7, 11) is 0. The van der Waals surface area contributed by atoms with Gasteiger partial charge in [-0.3, -0.25) is 5.41 Å². The first-order valence-electron chi connectivity index (χ1n) is 5.31. The summed E-state index contributed by atoms with van der Waals surface area (Å²) in [6, 6.07) is 8.86. The Morgan fingerprint density at radius 2 is 2.11 bits per heavy atom. The van der Waals surface area contributed by atoms with Crippen LogP contribution >= 0.6 is 11.6 Å². The molecule has 0 spiro atoms. The second-order valence-electron chi connectivity index (χ2n) is 3.83. The molecule has 5 heteroatoms. The summed E-state index contributed by atoms with van der Waals surface area (Å²) in [5.41, 5.74) is 6.79. The van der Waals surface area contributed by atoms with Crippen LogP contribution in [0.4, 0.5) is 0 Å². The van der Waals surface area contributed by atoms with Crippen molar-refractivity contribution >= 4 is 17.4 Å². The van der Waals surface area contributed by atoms with E-state index in [-0.39, 0.29) is 5.84 Å². The fourth-order valence-corrected chi connectivity index (χ4v) is 1.57. The number of pyridine rings is 1. The molecule has 92 valence electrons. The van der Waals surface area contributed by atoms with Crippen LogP contribution in [0.5, 0.6) is 11.5 Å². The van der Waals surface area contributed by atoms with Crippen molar-refractivity contribution in [2.45, 2.75) is 6.92 Å². The molecule has 3 N–H and O–H groups in total. The summed E-state index contributed by atoms with van der Waals surface area (Å²) in [5.74, 6) is 1.05. The molecule has 2 rings (SSSR count). The average Bonchev–Trinajstić information content (AvgIpc) is 2.34. The third kappa shape index (κ3) is 2.78. The van der Waals surface area contributed by atoms with Crippen LogP contribution in [0, 0.1) is 12.3 Å². The molecule has 0 unspecified atom stereocenters. The Balaban J connectivity index is 2.23. The van der Waals surface area contributed by atoms with Gasteiger partial charge in [0, 0.05) is 0 Å². The standard InChI is InChI=1S/C13H12ClN3O/c1-8-2-4-10(14)12(6-8)18-9-3-5-11(13(15)16)17-7-9/h2-7H,1H3,(H3,15,16). The molecular weight excluding hydrogens is 250 g/mol. The van der Waals surface area contributed by atoms with Crippen molar-refractivity contribution in [1.29, 1.82) is 5.41 Å². The zero-order chi connectivity index (χ0) is 13.1. The quantitative estimate of drug-likeness (QED) is 0.659. The molecule has 0 saturated carbocycles. The van der Waals surface area contributed by atoms with Crippen molar-refractivity contribution in [3.63, 3.8) is 0 Å². The number of rotatable bonds is 3. The topological polar surface area (TPSA) is 72.0 Å². The highest BCUT2D eigenvalue weighted by molar-refractivity contribution is 6.32. The van der Waals surface area contributed by atoms with Gasteiger partial charge in [0.25, 0.3) is 0 Å². The largest absolute Gasteiger partial charge is 0.454 e. The third-order valence-electron chi connectivity index (χ3n) is 2.33. The van der Waals surface area contributed by atoms with Crippen LogP contribution in [0.25, 0.3) is 0 Å². The molecule has 1 heterocycles. The molecule has 0 aliphatic carbocycles. The van der Waals surface area contributed by atoms with Gasteiger partial charge in [0.2, 0.25) is 0 Å². The molecule has 0 fully saturated rings. The van der Waals surface area contributed by atoms with E-state index in [1.165, 1.54) is 6.20 Å². The van der Waals surface area contributed by atoms with Gasteiger partial charge < -0.3 is 10.5 Å². The summed E-state index contributed by atoms with van der Waals surface area (Å²) in [5, 5.41) is 7.78. The van der Waals surface area contributed by atoms with Crippen LogP contribution < -0.4 is 10.5 Å². The van der Waals surface area contributed by atoms with Crippen LogP contribution in [0.3, 0.4) is 0 Å². The van der Waals surface area contributed by atoms with E-state index < -0.39 is 0 Å². The molecule has 0 radical (unpaired) electrons. The third-order valence-corrected chi connectivity index (χ3v) is 2.64. The molecule has 0 aliphatic rings. The SMILES string of the molecule is Cc1ccc(Cl)c(Oc2ccc(C(=N)N)nc2)c1. The number of nitrogens with two attached hydrogens (primary N) is 1. The highest BCUT2D eigenvalue weighted by atomic mass is 35.5. The zero-order valence-electron chi connectivity index (χ0n) is 9.77. The van der Waals surface area contributed by atoms with E-state index >= 15 is 0 Å². The molecule has 1 aromatic heterocycles. The summed E-state index contributed by atoms with van der Waals surface area (Å²) < 4.78 is 5.62. The van der Waals surface area contributed by atoms with Gasteiger partial charge >= 0.3 is 0 Å². The average molecular weight is 262 g/mol. The molecule has 0 atom stereocenters. The molecular formula is C13H12ClN3O. The minimum atomic E-state index is -0.0739. The number of amidine groups is 1. The van der Waals surface area contributed by atoms with Gasteiger partial charge in [-0.1, -0.05) is 17.7 Å². The molecule has 4 nitrogen and oxygen atoms in total. The van der Waals surface area contributed by atoms with Crippen molar-refractivity contribution < 1.29 is 4.74 Å². The summed E-state index contributed by atoms with van der Waals surface area (Å²) in [4.78, 5) is 4.01. The molecule has 0 bridgehead atoms. The lowest BCUT2D eigenvalue weighted by molar-refractivity contribution is 0.480. The predicted molar refractivity (Wildman–Crippen MR) is 71.5 cm³/mol. The Hall–Kier alpha value is -2.07. The van der Waals surface area contributed by atoms with Gasteiger partial charge in [0.05, 0.1) is 11.2 Å². The van der Waals surface area contributed by atoms with Gasteiger partial charge in [0.1, 0.15) is 23.0 Å². The van der Waals surface area contributed by atoms with Crippen LogP contribution in [0.2, 0.25) is 5.02 Å². The highest BCUT2D eigenvalue weighted by Crippen LogP contribution is 2.29. The number of ether oxygens (including phenoxy) is 1. The monoisotopic (exact) mass is 261 g/mol. The number of halogens is 1. The van der Waals surface area contributed by atoms with Gasteiger partial charge in [-0.15, -0.1) is 0 Å². The number of hydrogen-bond acceptors (Lipinski definition) is 3. The number of benzene rings is 1. The van der Waals surface area contributed by atoms with E-state index in [2.05, 4.69) is 4.98 Å². The number of aryl methyl sites for hydroxylation is 1. The van der Waals surface area contributed by atoms with E-state index in [9.17, 15) is 0 Å². The lowest BCUT2D eigenvalue weighted by Crippen LogP contribution is -2.12. The molecule has 18 heavy (non-hydrogen) atoms. The van der Waals surface area contributed by atoms with E-state index in [1.807, 2.05) is 19.1 Å². The maximum Gasteiger partial charge on any atom is 0.146 e. The fourth-order valence-electron chi connectivity index (χ4n) is 1.42. The Labute approximate surface area is 110 Å². The second-order valence-corrected chi connectivity index (χ2v) is 4.24. The van der Waals surface area contributed by atoms with Gasteiger partial charge in [0.15, 0.2) is 0 Å². The van der Waals surface area contributed by atoms with Crippen LogP contribution in [0.15, 0.2) is 36.5 Å². The minimum Gasteiger partial charge on any atom is -0.454 e. The lowest BCUT2D eigenvalue weighted by Gasteiger charge is -2.08. The van der Waals surface area contributed by atoms with E-state index in [0.29, 0.717) is 22.2 Å². The van der Waals surface area contributed by atoms with Gasteiger partial charge in [-0.25, -0.2) is 4.98 Å². The number of aromatic nitrogens is 1. The first kappa shape index (κ1) is 12.4. The maximum absolute atomic E-state index is 7.24. The highest BCUT2D eigenvalue weighted by Gasteiger charge is 2.04. The Kier molecular flexibility index (Phi) is 3.48. The molecule has 1 aromatic carbocycles. The van der Waals surface area contributed by atoms with Crippen molar-refractivity contribution in [1.82, 2.24) is 4.98 Å². The van der Waals surface area contributed by atoms with Crippen molar-refractivity contribution in [3.8, 4) is 11.5 Å². The summed E-state index contributed by atoms with van der Waals surface area (Å²) in [6.45, 7) is 1.96. The second kappa shape index (κ2) is 5.06. The zero-order valence-corrected chi connectivity index (χ0v) is 10.5. The minimum absolute atomic E-state index is 0.0739. The van der Waals surface area contributed by atoms with Crippen molar-refractivity contribution in [3.05, 3.63) is 52.8 Å². The first-order valence-corrected chi connectivity index (χ1v) is 5.68. The summed E-state index contributed by atoms with van der Waals surface area (Å²) in [6.07, 6.45) is 1.51. The van der Waals surface area contributed by atoms with E-state index in [1.54, 1.807) is 18.2 Å². The lowest BCUT2D eigenvalue weighted by atomic mass is 10.2. The Bertz CT molecular complexity index is 581. The fraction of sp³-hybridized carbons (Fsp3) is 0.0769. The molecule has 0 aliphatic heterocycles. The molecule has 0 amide bonds. The maximum atomic E-state index is 7.24. The van der Waals surface area contributed by atoms with Crippen molar-refractivity contribution in [2.75, 3.05) is 0 Å². The Morgan fingerprint density at radius 3 is 2.72 bits per heavy atom. The molecule has 0 saturated heterocycles. The van der Waals surface area contributed by atoms with E-state index in [4.69, 9.17) is 27.5 Å². The number of nitrogens with zero attached hydrogens (tertiary/aromatic N) is 1. The first-order chi connectivity index (χ1) is 8.56. The van der Waals surface area contributed by atoms with Crippen LogP contribution in [-0.2, 0) is 0 Å². The van der Waals surface area contributed by atoms with Crippen LogP contribution in [-0.4, -0.2) is 10.8 Å². The van der Waals surface area contributed by atoms with Gasteiger partial charge in [-0.2, -0.15) is 0 Å². The number of nitrogen functional groups attached to an aromatic ring is 1. The van der Waals surface area contributed by atoms with Crippen molar-refractivity contribution in [2.24, 2.45) is 5.73 Å². The normalized spacial score (nSPS) is 10.1. The van der Waals surface area contributed by atoms with E-state index in [0.717, 1.165) is 5.56 Å². The van der Waals surface area contributed by atoms with Gasteiger partial charge in [-0.05, 0) is 36.8 Å². The molecule has 2 aromatic rings. The predicted octanol–water partition coefficient (Wildman–Crippen LogP) is 3.12. The van der Waals surface area contributed by atoms with Crippen LogP contribution in [0.1, 0.15) is 11.3 Å². The number of hydrogen-bond donors (Lipinski definition) is 2.